The molecule has 7 nitrogen and oxygen atoms in total. The fraction of sp³-hybridized carbons (Fsp3) is 0.457. The van der Waals surface area contributed by atoms with Crippen LogP contribution in [-0.2, 0) is 11.3 Å². The number of rotatable bonds is 10. The number of aryl methyl sites for hydroxylation is 1. The first kappa shape index (κ1) is 36.0. The van der Waals surface area contributed by atoms with Crippen molar-refractivity contribution in [3.63, 3.8) is 0 Å². The van der Waals surface area contributed by atoms with Crippen LogP contribution in [-0.4, -0.2) is 55.8 Å². The number of methoxy groups -OCH3 is 1. The SMILES string of the molecule is COc1cc(OC(F)(F)F)cc(N(C(=O)c2nc(C#C[Si](C(C)C)(C(C)C)C(C)C)sc2C)C2CCN(Cc3ccccc3)C2=O)c1. The zero-order chi connectivity index (χ0) is 34.7. The van der Waals surface area contributed by atoms with Crippen LogP contribution >= 0.6 is 11.3 Å². The Balaban J connectivity index is 1.79. The lowest BCUT2D eigenvalue weighted by molar-refractivity contribution is -0.274. The van der Waals surface area contributed by atoms with Gasteiger partial charge in [-0.25, -0.2) is 4.98 Å². The second-order valence-electron chi connectivity index (χ2n) is 12.7. The van der Waals surface area contributed by atoms with Gasteiger partial charge in [-0.3, -0.25) is 14.5 Å². The summed E-state index contributed by atoms with van der Waals surface area (Å²) in [5, 5.41) is 0.486. The number of hydrogen-bond acceptors (Lipinski definition) is 6. The summed E-state index contributed by atoms with van der Waals surface area (Å²) in [5.74, 6) is 1.82. The quantitative estimate of drug-likeness (QED) is 0.158. The van der Waals surface area contributed by atoms with E-state index in [1.807, 2.05) is 30.3 Å². The van der Waals surface area contributed by atoms with E-state index in [0.29, 0.717) is 39.6 Å². The van der Waals surface area contributed by atoms with Crippen molar-refractivity contribution >= 4 is 36.9 Å². The van der Waals surface area contributed by atoms with Crippen molar-refractivity contribution < 1.29 is 32.2 Å². The minimum Gasteiger partial charge on any atom is -0.497 e. The second kappa shape index (κ2) is 14.5. The van der Waals surface area contributed by atoms with Gasteiger partial charge in [-0.1, -0.05) is 71.9 Å². The molecule has 0 bridgehead atoms. The van der Waals surface area contributed by atoms with E-state index >= 15 is 0 Å². The molecule has 1 aliphatic rings. The molecule has 1 fully saturated rings. The number of carbonyl (C=O) groups excluding carboxylic acids is 2. The molecule has 0 spiro atoms. The largest absolute Gasteiger partial charge is 0.573 e. The van der Waals surface area contributed by atoms with Gasteiger partial charge in [-0.15, -0.1) is 30.1 Å². The van der Waals surface area contributed by atoms with E-state index in [4.69, 9.17) is 4.74 Å². The third-order valence-corrected chi connectivity index (χ3v) is 16.1. The number of amides is 2. The molecule has 2 heterocycles. The number of ether oxygens (including phenoxy) is 2. The molecular weight excluding hydrogens is 644 g/mol. The standard InChI is InChI=1S/C35H42F3N3O4SSi/c1-22(2)47(23(3)4,24(5)6)17-15-31-39-32(25(7)46-31)34(43)41(27-18-28(44-8)20-29(19-27)45-35(36,37)38)30-14-16-40(33(30)42)21-26-12-10-9-11-13-26/h9-13,18-20,22-24,30H,14,16,21H2,1-8H3. The first-order valence-electron chi connectivity index (χ1n) is 15.7. The summed E-state index contributed by atoms with van der Waals surface area (Å²) in [6, 6.07) is 12.1. The molecule has 3 aromatic rings. The van der Waals surface area contributed by atoms with Crippen LogP contribution in [0.3, 0.4) is 0 Å². The molecule has 1 atom stereocenters. The predicted molar refractivity (Wildman–Crippen MR) is 182 cm³/mol. The number of nitrogens with zero attached hydrogens (tertiary/aromatic N) is 3. The van der Waals surface area contributed by atoms with Crippen LogP contribution in [0, 0.1) is 18.4 Å². The van der Waals surface area contributed by atoms with E-state index in [2.05, 4.69) is 62.7 Å². The van der Waals surface area contributed by atoms with E-state index in [-0.39, 0.29) is 29.5 Å². The Morgan fingerprint density at radius 3 is 2.26 bits per heavy atom. The number of halogens is 3. The first-order valence-corrected chi connectivity index (χ1v) is 18.7. The van der Waals surface area contributed by atoms with Gasteiger partial charge in [-0.05, 0) is 41.5 Å². The molecule has 1 aromatic heterocycles. The Morgan fingerprint density at radius 2 is 1.68 bits per heavy atom. The number of alkyl halides is 3. The second-order valence-corrected chi connectivity index (χ2v) is 19.5. The monoisotopic (exact) mass is 685 g/mol. The number of likely N-dealkylation sites (tertiary alicyclic amines) is 1. The zero-order valence-electron chi connectivity index (χ0n) is 28.1. The van der Waals surface area contributed by atoms with E-state index in [9.17, 15) is 22.8 Å². The molecule has 1 saturated heterocycles. The van der Waals surface area contributed by atoms with Crippen molar-refractivity contribution in [3.8, 4) is 23.0 Å². The van der Waals surface area contributed by atoms with E-state index in [1.165, 1.54) is 29.4 Å². The van der Waals surface area contributed by atoms with Crippen LogP contribution in [0.1, 0.15) is 73.9 Å². The normalized spacial score (nSPS) is 15.3. The number of hydrogen-bond donors (Lipinski definition) is 0. The molecule has 47 heavy (non-hydrogen) atoms. The van der Waals surface area contributed by atoms with E-state index in [1.54, 1.807) is 11.8 Å². The smallest absolute Gasteiger partial charge is 0.497 e. The Morgan fingerprint density at radius 1 is 1.06 bits per heavy atom. The molecule has 4 rings (SSSR count). The van der Waals surface area contributed by atoms with E-state index in [0.717, 1.165) is 17.7 Å². The zero-order valence-corrected chi connectivity index (χ0v) is 29.9. The van der Waals surface area contributed by atoms with Gasteiger partial charge in [0.15, 0.2) is 5.01 Å². The van der Waals surface area contributed by atoms with Gasteiger partial charge in [-0.2, -0.15) is 0 Å². The highest BCUT2D eigenvalue weighted by Gasteiger charge is 2.43. The molecule has 0 N–H and O–H groups in total. The predicted octanol–water partition coefficient (Wildman–Crippen LogP) is 8.38. The van der Waals surface area contributed by atoms with Crippen molar-refractivity contribution in [1.82, 2.24) is 9.88 Å². The van der Waals surface area contributed by atoms with Gasteiger partial charge in [0.25, 0.3) is 5.91 Å². The van der Waals surface area contributed by atoms with Crippen molar-refractivity contribution in [2.45, 2.75) is 90.5 Å². The number of benzene rings is 2. The molecule has 1 aliphatic heterocycles. The highest BCUT2D eigenvalue weighted by atomic mass is 32.1. The molecule has 252 valence electrons. The maximum atomic E-state index is 14.5. The lowest BCUT2D eigenvalue weighted by Crippen LogP contribution is -2.46. The fourth-order valence-corrected chi connectivity index (χ4v) is 12.8. The van der Waals surface area contributed by atoms with Gasteiger partial charge in [0.1, 0.15) is 31.3 Å². The average Bonchev–Trinajstić information content (AvgIpc) is 3.54. The third kappa shape index (κ3) is 8.01. The van der Waals surface area contributed by atoms with Gasteiger partial charge in [0.2, 0.25) is 5.91 Å². The van der Waals surface area contributed by atoms with Crippen LogP contribution < -0.4 is 14.4 Å². The summed E-state index contributed by atoms with van der Waals surface area (Å²) < 4.78 is 49.4. The summed E-state index contributed by atoms with van der Waals surface area (Å²) in [6.45, 7) is 15.7. The molecule has 0 aliphatic carbocycles. The Labute approximate surface area is 280 Å². The van der Waals surface area contributed by atoms with E-state index < -0.39 is 32.1 Å². The van der Waals surface area contributed by atoms with Crippen LogP contribution in [0.25, 0.3) is 0 Å². The van der Waals surface area contributed by atoms with Crippen LogP contribution in [0.15, 0.2) is 48.5 Å². The highest BCUT2D eigenvalue weighted by molar-refractivity contribution is 7.12. The third-order valence-electron chi connectivity index (χ3n) is 8.88. The lowest BCUT2D eigenvalue weighted by Gasteiger charge is -2.37. The summed E-state index contributed by atoms with van der Waals surface area (Å²) in [7, 11) is -0.786. The van der Waals surface area contributed by atoms with Crippen molar-refractivity contribution in [1.29, 1.82) is 0 Å². The number of thiazole rings is 1. The number of carbonyl (C=O) groups is 2. The molecule has 2 amide bonds. The Kier molecular flexibility index (Phi) is 11.1. The first-order chi connectivity index (χ1) is 22.1. The van der Waals surface area contributed by atoms with Crippen LogP contribution in [0.5, 0.6) is 11.5 Å². The minimum atomic E-state index is -4.98. The van der Waals surface area contributed by atoms with Crippen LogP contribution in [0.2, 0.25) is 16.6 Å². The fourth-order valence-electron chi connectivity index (χ4n) is 6.72. The molecule has 12 heteroatoms. The maximum Gasteiger partial charge on any atom is 0.573 e. The van der Waals surface area contributed by atoms with Gasteiger partial charge < -0.3 is 14.4 Å². The van der Waals surface area contributed by atoms with Crippen molar-refractivity contribution in [3.05, 3.63) is 69.7 Å². The summed E-state index contributed by atoms with van der Waals surface area (Å²) in [5.41, 5.74) is 5.89. The minimum absolute atomic E-state index is 0.0272. The molecule has 2 aromatic carbocycles. The topological polar surface area (TPSA) is 72.0 Å². The van der Waals surface area contributed by atoms with Crippen molar-refractivity contribution in [2.24, 2.45) is 0 Å². The van der Waals surface area contributed by atoms with Gasteiger partial charge in [0, 0.05) is 36.2 Å². The molecule has 0 radical (unpaired) electrons. The van der Waals surface area contributed by atoms with Crippen LogP contribution in [0.4, 0.5) is 18.9 Å². The van der Waals surface area contributed by atoms with Gasteiger partial charge in [0.05, 0.1) is 12.8 Å². The number of anilines is 1. The molecule has 1 unspecified atom stereocenters. The molecule has 0 saturated carbocycles. The summed E-state index contributed by atoms with van der Waals surface area (Å²) >= 11 is 1.29. The Hall–Kier alpha value is -3.82. The number of aromatic nitrogens is 1. The highest BCUT2D eigenvalue weighted by Crippen LogP contribution is 2.41. The lowest BCUT2D eigenvalue weighted by atomic mass is 10.1. The summed E-state index contributed by atoms with van der Waals surface area (Å²) in [4.78, 5) is 36.5. The van der Waals surface area contributed by atoms with Crippen molar-refractivity contribution in [2.75, 3.05) is 18.6 Å². The average molecular weight is 686 g/mol. The maximum absolute atomic E-state index is 14.5. The summed E-state index contributed by atoms with van der Waals surface area (Å²) in [6.07, 6.45) is -4.71. The van der Waals surface area contributed by atoms with Gasteiger partial charge >= 0.3 is 6.36 Å². The Bertz CT molecular complexity index is 1630. The molecular formula is C35H42F3N3O4SSi.